The topological polar surface area (TPSA) is 66.0 Å². The van der Waals surface area contributed by atoms with Gasteiger partial charge in [-0.2, -0.15) is 0 Å². The number of benzene rings is 2. The minimum Gasteiger partial charge on any atom is -0.493 e. The molecule has 5 nitrogen and oxygen atoms in total. The molecule has 1 heterocycles. The fraction of sp³-hybridized carbons (Fsp3) is 0.176. The van der Waals surface area contributed by atoms with Gasteiger partial charge < -0.3 is 10.6 Å². The molecule has 7 heteroatoms. The Kier molecular flexibility index (Phi) is 5.00. The molecule has 3 aromatic rings. The molecular formula is C17H17FN4OS. The Morgan fingerprint density at radius 1 is 1.17 bits per heavy atom. The number of ether oxygens (including phenoxy) is 1. The zero-order chi connectivity index (χ0) is 16.9. The van der Waals surface area contributed by atoms with Crippen molar-refractivity contribution in [2.45, 2.75) is 12.1 Å². The minimum absolute atomic E-state index is 0.301. The van der Waals surface area contributed by atoms with Crippen molar-refractivity contribution in [3.63, 3.8) is 0 Å². The smallest absolute Gasteiger partial charge is 0.210 e. The maximum absolute atomic E-state index is 13.0. The molecule has 124 valence electrons. The predicted molar refractivity (Wildman–Crippen MR) is 93.0 cm³/mol. The van der Waals surface area contributed by atoms with E-state index in [1.165, 1.54) is 28.6 Å². The third-order valence-electron chi connectivity index (χ3n) is 3.34. The highest BCUT2D eigenvalue weighted by atomic mass is 32.2. The van der Waals surface area contributed by atoms with Gasteiger partial charge in [0.05, 0.1) is 6.61 Å². The second kappa shape index (κ2) is 7.35. The Balaban J connectivity index is 1.57. The first-order valence-corrected chi connectivity index (χ1v) is 8.41. The Bertz CT molecular complexity index is 820. The molecule has 0 aliphatic rings. The van der Waals surface area contributed by atoms with E-state index in [-0.39, 0.29) is 5.82 Å². The van der Waals surface area contributed by atoms with Gasteiger partial charge in [-0.1, -0.05) is 23.9 Å². The molecule has 0 unspecified atom stereocenters. The Morgan fingerprint density at radius 3 is 2.71 bits per heavy atom. The summed E-state index contributed by atoms with van der Waals surface area (Å²) >= 11 is 1.45. The van der Waals surface area contributed by atoms with Crippen LogP contribution in [0.4, 0.5) is 4.39 Å². The highest BCUT2D eigenvalue weighted by Crippen LogP contribution is 2.22. The first kappa shape index (κ1) is 16.3. The Morgan fingerprint density at radius 2 is 1.96 bits per heavy atom. The monoisotopic (exact) mass is 344 g/mol. The summed E-state index contributed by atoms with van der Waals surface area (Å²) < 4.78 is 20.1. The van der Waals surface area contributed by atoms with E-state index in [0.29, 0.717) is 28.9 Å². The summed E-state index contributed by atoms with van der Waals surface area (Å²) in [7, 11) is 0. The molecule has 0 amide bonds. The molecule has 0 aliphatic carbocycles. The molecule has 0 fully saturated rings. The van der Waals surface area contributed by atoms with Gasteiger partial charge in [0.2, 0.25) is 5.16 Å². The number of hydrogen-bond donors (Lipinski definition) is 1. The number of thioether (sulfide) groups is 1. The van der Waals surface area contributed by atoms with Gasteiger partial charge in [0, 0.05) is 11.3 Å². The molecule has 0 radical (unpaired) electrons. The summed E-state index contributed by atoms with van der Waals surface area (Å²) in [5.41, 5.74) is 1.88. The first-order valence-electron chi connectivity index (χ1n) is 7.42. The number of halogens is 1. The summed E-state index contributed by atoms with van der Waals surface area (Å²) in [5, 5.41) is 8.73. The van der Waals surface area contributed by atoms with E-state index < -0.39 is 0 Å². The average Bonchev–Trinajstić information content (AvgIpc) is 2.93. The van der Waals surface area contributed by atoms with E-state index in [1.54, 1.807) is 12.1 Å². The minimum atomic E-state index is -0.301. The lowest BCUT2D eigenvalue weighted by Gasteiger charge is -2.07. The zero-order valence-corrected chi connectivity index (χ0v) is 14.0. The second-order valence-corrected chi connectivity index (χ2v) is 6.26. The molecule has 0 atom stereocenters. The summed E-state index contributed by atoms with van der Waals surface area (Å²) in [6.45, 7) is 2.56. The van der Waals surface area contributed by atoms with Crippen molar-refractivity contribution in [2.75, 3.05) is 18.2 Å². The third-order valence-corrected chi connectivity index (χ3v) is 4.25. The van der Waals surface area contributed by atoms with Crippen molar-refractivity contribution >= 4 is 11.8 Å². The largest absolute Gasteiger partial charge is 0.493 e. The maximum atomic E-state index is 13.0. The highest BCUT2D eigenvalue weighted by molar-refractivity contribution is 7.99. The number of nitrogen functional groups attached to an aromatic ring is 1. The van der Waals surface area contributed by atoms with Crippen LogP contribution in [0, 0.1) is 12.7 Å². The molecule has 0 bridgehead atoms. The van der Waals surface area contributed by atoms with Crippen LogP contribution < -0.4 is 10.6 Å². The van der Waals surface area contributed by atoms with Gasteiger partial charge >= 0.3 is 0 Å². The van der Waals surface area contributed by atoms with Crippen LogP contribution >= 0.6 is 11.8 Å². The van der Waals surface area contributed by atoms with Crippen molar-refractivity contribution in [2.24, 2.45) is 0 Å². The van der Waals surface area contributed by atoms with Gasteiger partial charge in [0.1, 0.15) is 11.6 Å². The number of hydrogen-bond acceptors (Lipinski definition) is 5. The summed E-state index contributed by atoms with van der Waals surface area (Å²) in [4.78, 5) is 0. The van der Waals surface area contributed by atoms with Crippen molar-refractivity contribution in [3.05, 3.63) is 59.9 Å². The molecule has 0 saturated carbocycles. The highest BCUT2D eigenvalue weighted by Gasteiger charge is 2.12. The van der Waals surface area contributed by atoms with Gasteiger partial charge in [-0.05, 0) is 48.9 Å². The molecule has 2 N–H and O–H groups in total. The molecule has 24 heavy (non-hydrogen) atoms. The van der Waals surface area contributed by atoms with Crippen LogP contribution in [0.3, 0.4) is 0 Å². The fourth-order valence-corrected chi connectivity index (χ4v) is 2.84. The fourth-order valence-electron chi connectivity index (χ4n) is 2.17. The van der Waals surface area contributed by atoms with Crippen molar-refractivity contribution in [1.82, 2.24) is 14.9 Å². The lowest BCUT2D eigenvalue weighted by atomic mass is 10.2. The number of aromatic nitrogens is 3. The number of nitrogens with two attached hydrogens (primary N) is 1. The van der Waals surface area contributed by atoms with Crippen LogP contribution in [0.2, 0.25) is 0 Å². The normalized spacial score (nSPS) is 10.8. The van der Waals surface area contributed by atoms with Crippen molar-refractivity contribution in [3.8, 4) is 17.1 Å². The van der Waals surface area contributed by atoms with Gasteiger partial charge in [0.25, 0.3) is 0 Å². The van der Waals surface area contributed by atoms with Crippen LogP contribution in [0.25, 0.3) is 11.4 Å². The quantitative estimate of drug-likeness (QED) is 0.422. The molecule has 2 aromatic carbocycles. The van der Waals surface area contributed by atoms with Crippen molar-refractivity contribution in [1.29, 1.82) is 0 Å². The Labute approximate surface area is 143 Å². The molecule has 0 aliphatic heterocycles. The van der Waals surface area contributed by atoms with E-state index in [0.717, 1.165) is 11.3 Å². The van der Waals surface area contributed by atoms with E-state index in [4.69, 9.17) is 10.6 Å². The van der Waals surface area contributed by atoms with E-state index in [1.807, 2.05) is 31.2 Å². The standard InChI is InChI=1S/C17H17FN4OS/c1-12-3-2-4-15(11-12)23-9-10-24-17-21-20-16(22(17)19)13-5-7-14(18)8-6-13/h2-8,11H,9-10,19H2,1H3. The molecule has 1 aromatic heterocycles. The SMILES string of the molecule is Cc1cccc(OCCSc2nnc(-c3ccc(F)cc3)n2N)c1. The van der Waals surface area contributed by atoms with E-state index in [2.05, 4.69) is 10.2 Å². The Hall–Kier alpha value is -2.54. The summed E-state index contributed by atoms with van der Waals surface area (Å²) in [6, 6.07) is 13.9. The van der Waals surface area contributed by atoms with Crippen LogP contribution in [-0.2, 0) is 0 Å². The van der Waals surface area contributed by atoms with Crippen LogP contribution in [0.15, 0.2) is 53.7 Å². The lowest BCUT2D eigenvalue weighted by Crippen LogP contribution is -2.12. The van der Waals surface area contributed by atoms with Gasteiger partial charge in [0.15, 0.2) is 5.82 Å². The van der Waals surface area contributed by atoms with E-state index in [9.17, 15) is 4.39 Å². The van der Waals surface area contributed by atoms with Gasteiger partial charge in [-0.15, -0.1) is 10.2 Å². The van der Waals surface area contributed by atoms with Crippen molar-refractivity contribution < 1.29 is 9.13 Å². The first-order chi connectivity index (χ1) is 11.6. The second-order valence-electron chi connectivity index (χ2n) is 5.20. The van der Waals surface area contributed by atoms with Crippen LogP contribution in [0.5, 0.6) is 5.75 Å². The lowest BCUT2D eigenvalue weighted by molar-refractivity contribution is 0.343. The predicted octanol–water partition coefficient (Wildman–Crippen LogP) is 3.28. The van der Waals surface area contributed by atoms with E-state index >= 15 is 0 Å². The number of nitrogens with zero attached hydrogens (tertiary/aromatic N) is 3. The molecular weight excluding hydrogens is 327 g/mol. The molecule has 0 spiro atoms. The van der Waals surface area contributed by atoms with Crippen LogP contribution in [-0.4, -0.2) is 27.2 Å². The number of rotatable bonds is 6. The van der Waals surface area contributed by atoms with Gasteiger partial charge in [-0.25, -0.2) is 9.07 Å². The third kappa shape index (κ3) is 3.86. The maximum Gasteiger partial charge on any atom is 0.210 e. The summed E-state index contributed by atoms with van der Waals surface area (Å²) in [6.07, 6.45) is 0. The molecule has 3 rings (SSSR count). The zero-order valence-electron chi connectivity index (χ0n) is 13.1. The average molecular weight is 344 g/mol. The molecule has 0 saturated heterocycles. The van der Waals surface area contributed by atoms with Gasteiger partial charge in [-0.3, -0.25) is 0 Å². The van der Waals surface area contributed by atoms with Crippen LogP contribution in [0.1, 0.15) is 5.56 Å². The summed E-state index contributed by atoms with van der Waals surface area (Å²) in [5.74, 6) is 7.75. The number of aryl methyl sites for hydroxylation is 1.